The van der Waals surface area contributed by atoms with Gasteiger partial charge in [0.1, 0.15) is 0 Å². The van der Waals surface area contributed by atoms with E-state index in [4.69, 9.17) is 23.7 Å². The first-order valence-electron chi connectivity index (χ1n) is 14.1. The van der Waals surface area contributed by atoms with E-state index in [0.29, 0.717) is 11.8 Å². The van der Waals surface area contributed by atoms with Crippen molar-refractivity contribution in [1.82, 2.24) is 0 Å². The number of esters is 2. The minimum atomic E-state index is -2.59. The first kappa shape index (κ1) is 30.4. The minimum absolute atomic E-state index is 0.00213. The molecule has 0 aromatic rings. The average molecular weight is 555 g/mol. The highest BCUT2D eigenvalue weighted by atomic mass is 16.8. The van der Waals surface area contributed by atoms with Gasteiger partial charge < -0.3 is 39.0 Å². The smallest absolute Gasteiger partial charge is 0.305 e. The van der Waals surface area contributed by atoms with Gasteiger partial charge in [-0.3, -0.25) is 9.59 Å². The summed E-state index contributed by atoms with van der Waals surface area (Å²) in [6, 6.07) is 0. The Hall–Kier alpha value is -1.56. The van der Waals surface area contributed by atoms with Crippen LogP contribution >= 0.6 is 0 Å². The number of carbonyl (C=O) groups excluding carboxylic acids is 2. The largest absolute Gasteiger partial charge is 0.433 e. The molecule has 4 rings (SSSR count). The Morgan fingerprint density at radius 3 is 2.33 bits per heavy atom. The average Bonchev–Trinajstić information content (AvgIpc) is 3.05. The molecule has 10 nitrogen and oxygen atoms in total. The van der Waals surface area contributed by atoms with Crippen molar-refractivity contribution >= 4 is 11.9 Å². The van der Waals surface area contributed by atoms with Gasteiger partial charge in [-0.2, -0.15) is 0 Å². The predicted molar refractivity (Wildman–Crippen MR) is 139 cm³/mol. The molecule has 4 fully saturated rings. The maximum Gasteiger partial charge on any atom is 0.305 e. The summed E-state index contributed by atoms with van der Waals surface area (Å²) in [4.78, 5) is 23.2. The third-order valence-electron chi connectivity index (χ3n) is 10.2. The molecular weight excluding hydrogens is 508 g/mol. The van der Waals surface area contributed by atoms with Crippen LogP contribution in [0.3, 0.4) is 0 Å². The maximum atomic E-state index is 11.8. The number of fused-ring (bicyclic) bond motifs is 3. The van der Waals surface area contributed by atoms with Gasteiger partial charge in [0.15, 0.2) is 12.2 Å². The quantitative estimate of drug-likeness (QED) is 0.244. The van der Waals surface area contributed by atoms with Crippen LogP contribution in [0, 0.1) is 22.7 Å². The van der Waals surface area contributed by atoms with Gasteiger partial charge in [-0.25, -0.2) is 0 Å². The molecular formula is C29H46O10. The van der Waals surface area contributed by atoms with Crippen molar-refractivity contribution in [2.45, 2.75) is 128 Å². The van der Waals surface area contributed by atoms with Gasteiger partial charge in [-0.1, -0.05) is 26.3 Å². The molecule has 1 unspecified atom stereocenters. The Kier molecular flexibility index (Phi) is 8.08. The summed E-state index contributed by atoms with van der Waals surface area (Å²) >= 11 is 0. The number of rotatable bonds is 7. The fourth-order valence-electron chi connectivity index (χ4n) is 8.42. The van der Waals surface area contributed by atoms with Crippen LogP contribution in [0.25, 0.3) is 0 Å². The zero-order chi connectivity index (χ0) is 29.0. The van der Waals surface area contributed by atoms with Crippen LogP contribution < -0.4 is 0 Å². The van der Waals surface area contributed by atoms with Gasteiger partial charge in [0.2, 0.25) is 12.6 Å². The number of hydrogen-bond acceptors (Lipinski definition) is 10. The monoisotopic (exact) mass is 554 g/mol. The Morgan fingerprint density at radius 1 is 1.05 bits per heavy atom. The van der Waals surface area contributed by atoms with E-state index in [1.807, 2.05) is 6.08 Å². The highest BCUT2D eigenvalue weighted by molar-refractivity contribution is 5.67. The molecule has 39 heavy (non-hydrogen) atoms. The lowest BCUT2D eigenvalue weighted by atomic mass is 9.44. The van der Waals surface area contributed by atoms with Crippen LogP contribution in [0.5, 0.6) is 0 Å². The summed E-state index contributed by atoms with van der Waals surface area (Å²) in [7, 11) is 0. The molecule has 3 N–H and O–H groups in total. The molecule has 4 aliphatic rings. The number of aliphatic hydroxyl groups is 3. The van der Waals surface area contributed by atoms with E-state index in [1.54, 1.807) is 0 Å². The van der Waals surface area contributed by atoms with Gasteiger partial charge >= 0.3 is 11.9 Å². The molecule has 0 aromatic heterocycles. The highest BCUT2D eigenvalue weighted by Gasteiger charge is 2.65. The lowest BCUT2D eigenvalue weighted by Crippen LogP contribution is -2.63. The van der Waals surface area contributed by atoms with Crippen molar-refractivity contribution in [3.05, 3.63) is 12.7 Å². The van der Waals surface area contributed by atoms with E-state index in [2.05, 4.69) is 34.3 Å². The molecule has 2 saturated carbocycles. The molecule has 0 spiro atoms. The molecule has 2 saturated heterocycles. The van der Waals surface area contributed by atoms with Gasteiger partial charge in [0.05, 0.1) is 17.8 Å². The summed E-state index contributed by atoms with van der Waals surface area (Å²) in [5.41, 5.74) is -0.877. The van der Waals surface area contributed by atoms with Crippen LogP contribution in [0.2, 0.25) is 0 Å². The lowest BCUT2D eigenvalue weighted by Gasteiger charge is -2.65. The lowest BCUT2D eigenvalue weighted by molar-refractivity contribution is -0.314. The normalized spacial score (nSPS) is 48.4. The van der Waals surface area contributed by atoms with Crippen molar-refractivity contribution in [2.24, 2.45) is 22.7 Å². The highest BCUT2D eigenvalue weighted by Crippen LogP contribution is 2.65. The fourth-order valence-corrected chi connectivity index (χ4v) is 8.42. The fraction of sp³-hybridized carbons (Fsp3) is 0.862. The van der Waals surface area contributed by atoms with E-state index in [9.17, 15) is 24.9 Å². The first-order valence-corrected chi connectivity index (χ1v) is 14.1. The van der Waals surface area contributed by atoms with E-state index in [1.165, 1.54) is 0 Å². The van der Waals surface area contributed by atoms with Crippen molar-refractivity contribution in [3.63, 3.8) is 0 Å². The first-order chi connectivity index (χ1) is 18.0. The van der Waals surface area contributed by atoms with Gasteiger partial charge in [-0.05, 0) is 75.0 Å². The molecule has 0 amide bonds. The molecule has 0 radical (unpaired) electrons. The van der Waals surface area contributed by atoms with Crippen LogP contribution in [-0.2, 0) is 33.3 Å². The topological polar surface area (TPSA) is 141 Å². The standard InChI is InChI=1S/C29H46O10/c1-8-26(5)14-10-20-27(6)13-9-12-25(4,19(27)11-15-28(20,7)39-26)16-35-24-29(34,38-18(3)31)22(32)21(37-24)23(33)36-17(2)30/h8,19-24,32-34H,1,9-16H2,2-7H3/t19-,20+,21+,22-,23?,24+,25+,26+,27-,28+,29-/m0/s1. The van der Waals surface area contributed by atoms with Gasteiger partial charge in [-0.15, -0.1) is 6.58 Å². The van der Waals surface area contributed by atoms with Gasteiger partial charge in [0, 0.05) is 13.8 Å². The van der Waals surface area contributed by atoms with E-state index in [-0.39, 0.29) is 28.6 Å². The van der Waals surface area contributed by atoms with E-state index in [0.717, 1.165) is 58.8 Å². The Labute approximate surface area is 231 Å². The second-order valence-corrected chi connectivity index (χ2v) is 13.2. The summed E-state index contributed by atoms with van der Waals surface area (Å²) in [6.45, 7) is 15.2. The second-order valence-electron chi connectivity index (χ2n) is 13.2. The zero-order valence-electron chi connectivity index (χ0n) is 24.1. The molecule has 2 heterocycles. The second kappa shape index (κ2) is 10.4. The maximum absolute atomic E-state index is 11.8. The number of carbonyl (C=O) groups is 2. The van der Waals surface area contributed by atoms with Crippen molar-refractivity contribution < 1.29 is 48.6 Å². The van der Waals surface area contributed by atoms with E-state index >= 15 is 0 Å². The van der Waals surface area contributed by atoms with Crippen LogP contribution in [0.1, 0.15) is 86.5 Å². The van der Waals surface area contributed by atoms with Crippen molar-refractivity contribution in [2.75, 3.05) is 6.61 Å². The molecule has 2 aliphatic heterocycles. The number of ether oxygens (including phenoxy) is 5. The Bertz CT molecular complexity index is 972. The molecule has 11 atom stereocenters. The van der Waals surface area contributed by atoms with Gasteiger partial charge in [0.25, 0.3) is 5.79 Å². The SMILES string of the molecule is C=C[C@]1(C)CC[C@@H]2[C@@]3(C)CCC[C@](C)(CO[C@@H]4O[C@@H](C(O)OC(C)=O)[C@H](O)[C@]4(O)OC(C)=O)[C@@H]3CC[C@@]2(C)O1. The summed E-state index contributed by atoms with van der Waals surface area (Å²) in [5, 5.41) is 32.2. The Morgan fingerprint density at radius 2 is 1.72 bits per heavy atom. The summed E-state index contributed by atoms with van der Waals surface area (Å²) < 4.78 is 28.3. The van der Waals surface area contributed by atoms with Crippen LogP contribution in [-0.4, -0.2) is 75.6 Å². The summed E-state index contributed by atoms with van der Waals surface area (Å²) in [6.07, 6.45) is 1.70. The minimum Gasteiger partial charge on any atom is -0.433 e. The Balaban J connectivity index is 1.54. The molecule has 0 aromatic carbocycles. The third kappa shape index (κ3) is 5.28. The molecule has 2 aliphatic carbocycles. The summed E-state index contributed by atoms with van der Waals surface area (Å²) in [5.74, 6) is -3.62. The van der Waals surface area contributed by atoms with Crippen molar-refractivity contribution in [1.29, 1.82) is 0 Å². The molecule has 0 bridgehead atoms. The molecule has 10 heteroatoms. The predicted octanol–water partition coefficient (Wildman–Crippen LogP) is 2.96. The van der Waals surface area contributed by atoms with Crippen LogP contribution in [0.15, 0.2) is 12.7 Å². The third-order valence-corrected chi connectivity index (χ3v) is 10.2. The number of hydrogen-bond donors (Lipinski definition) is 3. The number of aliphatic hydroxyl groups excluding tert-OH is 2. The van der Waals surface area contributed by atoms with Crippen LogP contribution in [0.4, 0.5) is 0 Å². The molecule has 222 valence electrons. The van der Waals surface area contributed by atoms with E-state index < -0.39 is 42.5 Å². The van der Waals surface area contributed by atoms with Crippen molar-refractivity contribution in [3.8, 4) is 0 Å². The zero-order valence-corrected chi connectivity index (χ0v) is 24.1.